The Labute approximate surface area is 121 Å². The molecule has 2 rings (SSSR count). The molecule has 1 aliphatic heterocycles. The van der Waals surface area contributed by atoms with Crippen molar-refractivity contribution in [3.8, 4) is 0 Å². The van der Waals surface area contributed by atoms with E-state index in [1.807, 2.05) is 19.4 Å². The van der Waals surface area contributed by atoms with Crippen LogP contribution < -0.4 is 4.72 Å². The lowest BCUT2D eigenvalue weighted by Crippen LogP contribution is -2.37. The fourth-order valence-corrected chi connectivity index (χ4v) is 3.22. The van der Waals surface area contributed by atoms with Gasteiger partial charge in [0.1, 0.15) is 5.82 Å². The number of nitrogens with zero attached hydrogens (tertiary/aromatic N) is 3. The first-order valence-corrected chi connectivity index (χ1v) is 8.96. The third kappa shape index (κ3) is 4.88. The molecule has 1 atom stereocenters. The molecule has 0 aromatic carbocycles. The summed E-state index contributed by atoms with van der Waals surface area (Å²) in [5.41, 5.74) is 0. The van der Waals surface area contributed by atoms with Crippen LogP contribution in [0.25, 0.3) is 0 Å². The summed E-state index contributed by atoms with van der Waals surface area (Å²) in [5, 5.41) is 0. The number of nitrogens with one attached hydrogen (secondary N) is 1. The van der Waals surface area contributed by atoms with E-state index in [0.29, 0.717) is 12.5 Å². The smallest absolute Gasteiger partial charge is 0.208 e. The fraction of sp³-hybridized carbons (Fsp3) is 0.769. The maximum absolute atomic E-state index is 11.1. The zero-order valence-corrected chi connectivity index (χ0v) is 13.1. The molecule has 1 aromatic heterocycles. The van der Waals surface area contributed by atoms with Gasteiger partial charge in [0, 0.05) is 32.5 Å². The lowest BCUT2D eigenvalue weighted by atomic mass is 9.95. The molecule has 0 amide bonds. The van der Waals surface area contributed by atoms with Gasteiger partial charge < -0.3 is 4.57 Å². The lowest BCUT2D eigenvalue weighted by Gasteiger charge is -2.32. The van der Waals surface area contributed by atoms with Crippen LogP contribution >= 0.6 is 0 Å². The zero-order chi connectivity index (χ0) is 14.6. The third-order valence-corrected chi connectivity index (χ3v) is 4.53. The van der Waals surface area contributed by atoms with E-state index >= 15 is 0 Å². The van der Waals surface area contributed by atoms with Crippen LogP contribution in [0.1, 0.15) is 25.1 Å². The molecule has 20 heavy (non-hydrogen) atoms. The number of aryl methyl sites for hydroxylation is 1. The summed E-state index contributed by atoms with van der Waals surface area (Å²) in [4.78, 5) is 6.77. The molecule has 114 valence electrons. The summed E-state index contributed by atoms with van der Waals surface area (Å²) in [6.45, 7) is 3.54. The molecule has 2 heterocycles. The lowest BCUT2D eigenvalue weighted by molar-refractivity contribution is 0.158. The quantitative estimate of drug-likeness (QED) is 0.834. The highest BCUT2D eigenvalue weighted by Gasteiger charge is 2.20. The molecule has 1 aliphatic rings. The molecule has 0 saturated carbocycles. The summed E-state index contributed by atoms with van der Waals surface area (Å²) in [5.74, 6) is 1.65. The summed E-state index contributed by atoms with van der Waals surface area (Å²) < 4.78 is 26.7. The van der Waals surface area contributed by atoms with Gasteiger partial charge in [0.25, 0.3) is 0 Å². The topological polar surface area (TPSA) is 67.2 Å². The van der Waals surface area contributed by atoms with Gasteiger partial charge in [-0.3, -0.25) is 4.90 Å². The average Bonchev–Trinajstić information content (AvgIpc) is 2.74. The van der Waals surface area contributed by atoms with E-state index in [0.717, 1.165) is 31.9 Å². The Morgan fingerprint density at radius 2 is 2.30 bits per heavy atom. The first kappa shape index (κ1) is 15.5. The minimum Gasteiger partial charge on any atom is -0.337 e. The average molecular weight is 300 g/mol. The van der Waals surface area contributed by atoms with E-state index in [1.54, 1.807) is 0 Å². The molecular formula is C13H24N4O2S. The van der Waals surface area contributed by atoms with E-state index in [-0.39, 0.29) is 0 Å². The molecule has 1 aromatic rings. The van der Waals surface area contributed by atoms with Crippen LogP contribution in [0.15, 0.2) is 12.4 Å². The van der Waals surface area contributed by atoms with Crippen molar-refractivity contribution in [2.75, 3.05) is 25.9 Å². The summed E-state index contributed by atoms with van der Waals surface area (Å²) in [6, 6.07) is 0. The minimum atomic E-state index is -3.06. The molecule has 7 heteroatoms. The summed E-state index contributed by atoms with van der Waals surface area (Å²) in [7, 11) is -1.05. The van der Waals surface area contributed by atoms with E-state index in [1.165, 1.54) is 19.1 Å². The second-order valence-electron chi connectivity index (χ2n) is 5.65. The van der Waals surface area contributed by atoms with Gasteiger partial charge in [0.15, 0.2) is 0 Å². The number of rotatable bonds is 6. The number of piperidine rings is 1. The van der Waals surface area contributed by atoms with Crippen LogP contribution in [0.2, 0.25) is 0 Å². The van der Waals surface area contributed by atoms with Crippen LogP contribution in [0, 0.1) is 5.92 Å². The van der Waals surface area contributed by atoms with Crippen molar-refractivity contribution in [1.29, 1.82) is 0 Å². The molecule has 0 spiro atoms. The van der Waals surface area contributed by atoms with Crippen molar-refractivity contribution in [1.82, 2.24) is 19.2 Å². The van der Waals surface area contributed by atoms with Crippen molar-refractivity contribution >= 4 is 10.0 Å². The van der Waals surface area contributed by atoms with Gasteiger partial charge in [-0.25, -0.2) is 18.1 Å². The second kappa shape index (κ2) is 6.69. The highest BCUT2D eigenvalue weighted by molar-refractivity contribution is 7.88. The van der Waals surface area contributed by atoms with Gasteiger partial charge in [-0.05, 0) is 31.7 Å². The van der Waals surface area contributed by atoms with Gasteiger partial charge in [-0.15, -0.1) is 0 Å². The number of imidazole rings is 1. The molecule has 0 aliphatic carbocycles. The van der Waals surface area contributed by atoms with Gasteiger partial charge in [-0.1, -0.05) is 0 Å². The Morgan fingerprint density at radius 1 is 1.50 bits per heavy atom. The first-order valence-electron chi connectivity index (χ1n) is 7.07. The van der Waals surface area contributed by atoms with E-state index < -0.39 is 10.0 Å². The van der Waals surface area contributed by atoms with Crippen molar-refractivity contribution in [3.05, 3.63) is 18.2 Å². The summed E-state index contributed by atoms with van der Waals surface area (Å²) in [6.07, 6.45) is 8.27. The van der Waals surface area contributed by atoms with Crippen LogP contribution in [0.5, 0.6) is 0 Å². The van der Waals surface area contributed by atoms with E-state index in [4.69, 9.17) is 0 Å². The van der Waals surface area contributed by atoms with Crippen LogP contribution in [-0.4, -0.2) is 48.8 Å². The molecule has 6 nitrogen and oxygen atoms in total. The molecule has 0 unspecified atom stereocenters. The van der Waals surface area contributed by atoms with Gasteiger partial charge in [0.2, 0.25) is 10.0 Å². The highest BCUT2D eigenvalue weighted by Crippen LogP contribution is 2.20. The normalized spacial score (nSPS) is 21.2. The van der Waals surface area contributed by atoms with Gasteiger partial charge in [0.05, 0.1) is 12.8 Å². The Bertz CT molecular complexity index is 526. The Morgan fingerprint density at radius 3 is 2.95 bits per heavy atom. The minimum absolute atomic E-state index is 0.541. The Kier molecular flexibility index (Phi) is 5.17. The van der Waals surface area contributed by atoms with E-state index in [9.17, 15) is 8.42 Å². The molecular weight excluding hydrogens is 276 g/mol. The van der Waals surface area contributed by atoms with Crippen LogP contribution in [0.3, 0.4) is 0 Å². The Balaban J connectivity index is 1.78. The second-order valence-corrected chi connectivity index (χ2v) is 7.49. The third-order valence-electron chi connectivity index (χ3n) is 3.81. The standard InChI is InChI=1S/C13H24N4O2S/c1-16-9-7-14-13(16)11-17-8-3-4-12(10-17)5-6-15-20(2,18)19/h7,9,12,15H,3-6,8,10-11H2,1-2H3/t12-/m1/s1. The Hall–Kier alpha value is -0.920. The molecule has 1 N–H and O–H groups in total. The number of likely N-dealkylation sites (tertiary alicyclic amines) is 1. The number of hydrogen-bond acceptors (Lipinski definition) is 4. The molecule has 0 radical (unpaired) electrons. The maximum atomic E-state index is 11.1. The highest BCUT2D eigenvalue weighted by atomic mass is 32.2. The largest absolute Gasteiger partial charge is 0.337 e. The van der Waals surface area contributed by atoms with Crippen LogP contribution in [-0.2, 0) is 23.6 Å². The monoisotopic (exact) mass is 300 g/mol. The van der Waals surface area contributed by atoms with Crippen molar-refractivity contribution < 1.29 is 8.42 Å². The first-order chi connectivity index (χ1) is 9.44. The van der Waals surface area contributed by atoms with Gasteiger partial charge in [-0.2, -0.15) is 0 Å². The van der Waals surface area contributed by atoms with Gasteiger partial charge >= 0.3 is 0 Å². The zero-order valence-electron chi connectivity index (χ0n) is 12.2. The predicted molar refractivity (Wildman–Crippen MR) is 78.7 cm³/mol. The van der Waals surface area contributed by atoms with Crippen molar-refractivity contribution in [3.63, 3.8) is 0 Å². The van der Waals surface area contributed by atoms with Crippen molar-refractivity contribution in [2.24, 2.45) is 13.0 Å². The van der Waals surface area contributed by atoms with Crippen molar-refractivity contribution in [2.45, 2.75) is 25.8 Å². The number of hydrogen-bond donors (Lipinski definition) is 1. The van der Waals surface area contributed by atoms with Crippen LogP contribution in [0.4, 0.5) is 0 Å². The predicted octanol–water partition coefficient (Wildman–Crippen LogP) is 0.571. The SMILES string of the molecule is Cn1ccnc1CN1CCC[C@H](CCNS(C)(=O)=O)C1. The number of sulfonamides is 1. The van der Waals surface area contributed by atoms with E-state index in [2.05, 4.69) is 19.2 Å². The number of aromatic nitrogens is 2. The summed E-state index contributed by atoms with van der Waals surface area (Å²) >= 11 is 0. The fourth-order valence-electron chi connectivity index (χ4n) is 2.73. The molecule has 0 bridgehead atoms. The maximum Gasteiger partial charge on any atom is 0.208 e. The molecule has 1 fully saturated rings. The molecule has 1 saturated heterocycles.